The number of aliphatic hydroxyl groups is 1. The molecule has 60 heavy (non-hydrogen) atoms. The quantitative estimate of drug-likeness (QED) is 0.227. The molecule has 1 aromatic heterocycles. The molecule has 3 saturated heterocycles. The smallest absolute Gasteiger partial charge is 0.410 e. The summed E-state index contributed by atoms with van der Waals surface area (Å²) in [6.45, 7) is 13.8. The minimum absolute atomic E-state index is 0.0170. The number of likely N-dealkylation sites (N-methyl/N-ethyl adjacent to an activating group) is 1. The molecule has 5 rings (SSSR count). The molecule has 4 heterocycles. The normalized spacial score (nSPS) is 35.8. The molecule has 13 atom stereocenters. The molecule has 3 N–H and O–H groups in total. The van der Waals surface area contributed by atoms with E-state index in [1.807, 2.05) is 56.3 Å². The molecule has 0 saturated carbocycles. The average Bonchev–Trinajstić information content (AvgIpc) is 3.48. The van der Waals surface area contributed by atoms with E-state index in [4.69, 9.17) is 23.7 Å². The first kappa shape index (κ1) is 46.8. The van der Waals surface area contributed by atoms with E-state index in [-0.39, 0.29) is 50.4 Å². The lowest BCUT2D eigenvalue weighted by atomic mass is 9.73. The summed E-state index contributed by atoms with van der Waals surface area (Å²) in [5, 5.41) is 18.0. The van der Waals surface area contributed by atoms with Crippen LogP contribution in [0.5, 0.6) is 0 Å². The van der Waals surface area contributed by atoms with Gasteiger partial charge >= 0.3 is 18.1 Å². The van der Waals surface area contributed by atoms with Crippen molar-refractivity contribution in [3.05, 3.63) is 42.1 Å². The number of para-hydroxylation sites is 1. The molecular weight excluding hydrogens is 775 g/mol. The van der Waals surface area contributed by atoms with Gasteiger partial charge in [0.05, 0.1) is 29.4 Å². The highest BCUT2D eigenvalue weighted by molar-refractivity contribution is 6.00. The highest BCUT2D eigenvalue weighted by Crippen LogP contribution is 2.43. The standard InChI is InChI=1S/C44H65N5O11/c1-12-33-44(8)37(49(42(55)60-44)18-17-45-41(54)47-23-29-20-30-15-13-14-16-31(30)46-22-29)26(4)34(50)24(2)21-43(7,56-11)38(27(5)35(51)28(6)39(53)58-33)59-40-36(52)32(48(9)10)19-25(3)57-40/h13-16,20,22,24-28,32-33,36-38,40,52H,12,17-19,21,23H2,1-11H3,(H2,45,47,54)/t24-,25-,26+,27+,28-,32+,33-,36-,37-,38-,40+,43-,44-/m1/s1. The fraction of sp³-hybridized carbons (Fsp3) is 0.682. The summed E-state index contributed by atoms with van der Waals surface area (Å²) in [4.78, 5) is 77.4. The van der Waals surface area contributed by atoms with Crippen molar-refractivity contribution < 1.29 is 52.8 Å². The Morgan fingerprint density at radius 1 is 1.03 bits per heavy atom. The molecule has 16 heteroatoms. The number of cyclic esters (lactones) is 1. The zero-order valence-electron chi connectivity index (χ0n) is 36.9. The second kappa shape index (κ2) is 19.2. The Bertz CT molecular complexity index is 1880. The van der Waals surface area contributed by atoms with E-state index in [1.165, 1.54) is 18.9 Å². The van der Waals surface area contributed by atoms with Gasteiger partial charge in [-0.3, -0.25) is 24.3 Å². The first-order valence-corrected chi connectivity index (χ1v) is 21.1. The summed E-state index contributed by atoms with van der Waals surface area (Å²) in [6.07, 6.45) is -2.83. The number of pyridine rings is 1. The molecule has 0 spiro atoms. The van der Waals surface area contributed by atoms with Crippen LogP contribution in [0.15, 0.2) is 36.5 Å². The molecular formula is C44H65N5O11. The topological polar surface area (TPSA) is 195 Å². The van der Waals surface area contributed by atoms with E-state index in [9.17, 15) is 29.1 Å². The zero-order valence-corrected chi connectivity index (χ0v) is 36.9. The van der Waals surface area contributed by atoms with Gasteiger partial charge in [-0.15, -0.1) is 0 Å². The number of aliphatic hydroxyl groups excluding tert-OH is 1. The maximum absolute atomic E-state index is 14.7. The highest BCUT2D eigenvalue weighted by Gasteiger charge is 2.60. The molecule has 3 amide bonds. The van der Waals surface area contributed by atoms with Crippen LogP contribution < -0.4 is 10.6 Å². The fourth-order valence-electron chi connectivity index (χ4n) is 9.46. The minimum Gasteiger partial charge on any atom is -0.458 e. The maximum atomic E-state index is 14.7. The van der Waals surface area contributed by atoms with Gasteiger partial charge in [0.1, 0.15) is 23.9 Å². The van der Waals surface area contributed by atoms with Crippen LogP contribution in [-0.2, 0) is 44.6 Å². The van der Waals surface area contributed by atoms with E-state index < -0.39 is 89.4 Å². The average molecular weight is 840 g/mol. The molecule has 2 aromatic rings. The number of carbonyl (C=O) groups is 5. The molecule has 3 aliphatic rings. The van der Waals surface area contributed by atoms with Gasteiger partial charge in [-0.25, -0.2) is 9.59 Å². The number of carbonyl (C=O) groups excluding carboxylic acids is 5. The Hall–Kier alpha value is -4.22. The second-order valence-electron chi connectivity index (χ2n) is 17.5. The molecule has 0 unspecified atom stereocenters. The number of hydrogen-bond donors (Lipinski definition) is 3. The number of aromatic nitrogens is 1. The van der Waals surface area contributed by atoms with Crippen molar-refractivity contribution in [1.29, 1.82) is 0 Å². The van der Waals surface area contributed by atoms with Crippen LogP contribution in [0.3, 0.4) is 0 Å². The van der Waals surface area contributed by atoms with E-state index >= 15 is 0 Å². The monoisotopic (exact) mass is 839 g/mol. The lowest BCUT2D eigenvalue weighted by Crippen LogP contribution is -2.60. The number of urea groups is 1. The first-order chi connectivity index (χ1) is 28.3. The third kappa shape index (κ3) is 9.78. The fourth-order valence-corrected chi connectivity index (χ4v) is 9.46. The van der Waals surface area contributed by atoms with Crippen molar-refractivity contribution in [1.82, 2.24) is 25.4 Å². The van der Waals surface area contributed by atoms with Crippen molar-refractivity contribution >= 4 is 40.6 Å². The van der Waals surface area contributed by atoms with Gasteiger partial charge in [-0.05, 0) is 78.7 Å². The Morgan fingerprint density at radius 2 is 1.73 bits per heavy atom. The van der Waals surface area contributed by atoms with Gasteiger partial charge < -0.3 is 44.3 Å². The summed E-state index contributed by atoms with van der Waals surface area (Å²) in [7, 11) is 5.18. The van der Waals surface area contributed by atoms with Gasteiger partial charge in [-0.1, -0.05) is 45.9 Å². The summed E-state index contributed by atoms with van der Waals surface area (Å²) in [5.74, 6) is -5.37. The van der Waals surface area contributed by atoms with Crippen molar-refractivity contribution in [3.8, 4) is 0 Å². The lowest BCUT2D eigenvalue weighted by molar-refractivity contribution is -0.295. The van der Waals surface area contributed by atoms with Gasteiger partial charge in [0.15, 0.2) is 17.7 Å². The third-order valence-corrected chi connectivity index (χ3v) is 12.9. The number of methoxy groups -OCH3 is 1. The number of Topliss-reactive ketones (excluding diaryl/α,β-unsaturated/α-hetero) is 2. The number of fused-ring (bicyclic) bond motifs is 2. The van der Waals surface area contributed by atoms with Gasteiger partial charge in [0.2, 0.25) is 0 Å². The number of ketones is 2. The summed E-state index contributed by atoms with van der Waals surface area (Å²) < 4.78 is 31.0. The van der Waals surface area contributed by atoms with E-state index in [1.54, 1.807) is 47.7 Å². The SMILES string of the molecule is CC[C@H]1OC(=O)[C@H](C)C(=O)[C@H](C)[C@@H](O[C@@H]2O[C@H](C)C[C@H](N(C)C)[C@H]2O)[C@](C)(OC)C[C@@H](C)C(=O)[C@H](C)[C@H]2N(CCNC(=O)NCc3cnc4ccccc4c3)C(=O)O[C@]12C. The van der Waals surface area contributed by atoms with Gasteiger partial charge in [-0.2, -0.15) is 0 Å². The summed E-state index contributed by atoms with van der Waals surface area (Å²) in [6, 6.07) is 7.92. The van der Waals surface area contributed by atoms with Crippen LogP contribution in [0.1, 0.15) is 80.2 Å². The third-order valence-electron chi connectivity index (χ3n) is 12.9. The molecule has 0 bridgehead atoms. The van der Waals surface area contributed by atoms with Gasteiger partial charge in [0.25, 0.3) is 0 Å². The Labute approximate surface area is 353 Å². The summed E-state index contributed by atoms with van der Waals surface area (Å²) in [5.41, 5.74) is -1.17. The molecule has 3 fully saturated rings. The molecule has 332 valence electrons. The number of esters is 1. The Kier molecular flexibility index (Phi) is 15.0. The number of hydrogen-bond acceptors (Lipinski definition) is 13. The number of benzene rings is 1. The number of nitrogens with one attached hydrogen (secondary N) is 2. The van der Waals surface area contributed by atoms with Gasteiger partial charge in [0, 0.05) is 62.1 Å². The van der Waals surface area contributed by atoms with Crippen LogP contribution in [0, 0.1) is 23.7 Å². The van der Waals surface area contributed by atoms with Crippen molar-refractivity contribution in [2.45, 2.75) is 135 Å². The minimum atomic E-state index is -1.51. The molecule has 0 aliphatic carbocycles. The van der Waals surface area contributed by atoms with E-state index in [2.05, 4.69) is 15.6 Å². The second-order valence-corrected chi connectivity index (χ2v) is 17.5. The predicted octanol–water partition coefficient (Wildman–Crippen LogP) is 4.24. The van der Waals surface area contributed by atoms with Crippen molar-refractivity contribution in [2.75, 3.05) is 34.3 Å². The van der Waals surface area contributed by atoms with E-state index in [0.29, 0.717) is 6.42 Å². The largest absolute Gasteiger partial charge is 0.458 e. The van der Waals surface area contributed by atoms with Crippen LogP contribution in [-0.4, -0.2) is 138 Å². The molecule has 0 radical (unpaired) electrons. The molecule has 3 aliphatic heterocycles. The first-order valence-electron chi connectivity index (χ1n) is 21.1. The number of rotatable bonds is 10. The van der Waals surface area contributed by atoms with Crippen molar-refractivity contribution in [3.63, 3.8) is 0 Å². The highest BCUT2D eigenvalue weighted by atomic mass is 16.7. The molecule has 1 aromatic carbocycles. The number of nitrogens with zero attached hydrogens (tertiary/aromatic N) is 3. The van der Waals surface area contributed by atoms with Crippen LogP contribution in [0.2, 0.25) is 0 Å². The van der Waals surface area contributed by atoms with Crippen LogP contribution in [0.25, 0.3) is 10.9 Å². The summed E-state index contributed by atoms with van der Waals surface area (Å²) >= 11 is 0. The van der Waals surface area contributed by atoms with E-state index in [0.717, 1.165) is 16.5 Å². The maximum Gasteiger partial charge on any atom is 0.410 e. The molecule has 16 nitrogen and oxygen atoms in total. The Balaban J connectivity index is 1.41. The van der Waals surface area contributed by atoms with Crippen LogP contribution in [0.4, 0.5) is 9.59 Å². The Morgan fingerprint density at radius 3 is 2.40 bits per heavy atom. The predicted molar refractivity (Wildman–Crippen MR) is 222 cm³/mol. The number of amides is 3. The lowest BCUT2D eigenvalue weighted by Gasteiger charge is -2.47. The number of ether oxygens (including phenoxy) is 5. The zero-order chi connectivity index (χ0) is 44.3. The van der Waals surface area contributed by atoms with Crippen LogP contribution >= 0.6 is 0 Å². The van der Waals surface area contributed by atoms with Crippen molar-refractivity contribution in [2.24, 2.45) is 23.7 Å².